The topological polar surface area (TPSA) is 70.5 Å². The van der Waals surface area contributed by atoms with E-state index in [2.05, 4.69) is 9.97 Å². The van der Waals surface area contributed by atoms with E-state index < -0.39 is 0 Å². The fourth-order valence-corrected chi connectivity index (χ4v) is 2.67. The predicted octanol–water partition coefficient (Wildman–Crippen LogP) is 1.94. The van der Waals surface area contributed by atoms with Gasteiger partial charge in [0, 0.05) is 5.92 Å². The summed E-state index contributed by atoms with van der Waals surface area (Å²) in [6, 6.07) is 1.62. The zero-order valence-corrected chi connectivity index (χ0v) is 12.1. The number of methoxy groups -OCH3 is 3. The molecule has 1 aliphatic rings. The quantitative estimate of drug-likeness (QED) is 0.785. The molecule has 2 rings (SSSR count). The minimum absolute atomic E-state index is 0.0415. The van der Waals surface area contributed by atoms with Gasteiger partial charge >= 0.3 is 5.97 Å². The van der Waals surface area contributed by atoms with Crippen LogP contribution in [0, 0.1) is 5.92 Å². The summed E-state index contributed by atoms with van der Waals surface area (Å²) in [5.74, 6) is 1.06. The largest absolute Gasteiger partial charge is 0.481 e. The molecule has 1 aromatic heterocycles. The average molecular weight is 280 g/mol. The third kappa shape index (κ3) is 3.00. The van der Waals surface area contributed by atoms with E-state index in [0.29, 0.717) is 17.6 Å². The molecular weight excluding hydrogens is 260 g/mol. The summed E-state index contributed by atoms with van der Waals surface area (Å²) < 4.78 is 15.2. The average Bonchev–Trinajstić information content (AvgIpc) is 2.53. The molecule has 1 heterocycles. The van der Waals surface area contributed by atoms with Crippen molar-refractivity contribution >= 4 is 5.97 Å². The molecule has 0 spiro atoms. The van der Waals surface area contributed by atoms with Gasteiger partial charge in [-0.25, -0.2) is 0 Å². The molecule has 0 aromatic carbocycles. The summed E-state index contributed by atoms with van der Waals surface area (Å²) >= 11 is 0. The zero-order valence-electron chi connectivity index (χ0n) is 12.1. The van der Waals surface area contributed by atoms with Crippen LogP contribution in [0.15, 0.2) is 6.07 Å². The summed E-state index contributed by atoms with van der Waals surface area (Å²) in [5, 5.41) is 0. The van der Waals surface area contributed by atoms with E-state index in [0.717, 1.165) is 25.7 Å². The molecule has 6 nitrogen and oxygen atoms in total. The van der Waals surface area contributed by atoms with E-state index in [9.17, 15) is 4.79 Å². The Kier molecular flexibility index (Phi) is 4.76. The first-order valence-electron chi connectivity index (χ1n) is 6.74. The van der Waals surface area contributed by atoms with E-state index in [1.807, 2.05) is 0 Å². The highest BCUT2D eigenvalue weighted by Crippen LogP contribution is 2.38. The minimum Gasteiger partial charge on any atom is -0.481 e. The van der Waals surface area contributed by atoms with Gasteiger partial charge in [0.1, 0.15) is 5.82 Å². The molecule has 1 fully saturated rings. The van der Waals surface area contributed by atoms with E-state index in [1.54, 1.807) is 20.3 Å². The minimum atomic E-state index is -0.194. The van der Waals surface area contributed by atoms with Crippen molar-refractivity contribution in [3.05, 3.63) is 11.9 Å². The second-order valence-electron chi connectivity index (χ2n) is 4.83. The van der Waals surface area contributed by atoms with Crippen molar-refractivity contribution in [2.24, 2.45) is 5.92 Å². The number of esters is 1. The number of rotatable bonds is 4. The number of hydrogen-bond donors (Lipinski definition) is 0. The fraction of sp³-hybridized carbons (Fsp3) is 0.643. The van der Waals surface area contributed by atoms with Gasteiger partial charge in [0.15, 0.2) is 0 Å². The maximum Gasteiger partial charge on any atom is 0.309 e. The van der Waals surface area contributed by atoms with E-state index in [-0.39, 0.29) is 17.8 Å². The van der Waals surface area contributed by atoms with Crippen molar-refractivity contribution < 1.29 is 19.0 Å². The fourth-order valence-electron chi connectivity index (χ4n) is 2.67. The summed E-state index contributed by atoms with van der Waals surface area (Å²) in [5.41, 5.74) is 0. The molecule has 1 aliphatic carbocycles. The number of ether oxygens (including phenoxy) is 3. The Morgan fingerprint density at radius 1 is 1.10 bits per heavy atom. The molecule has 1 aromatic rings. The zero-order chi connectivity index (χ0) is 14.5. The van der Waals surface area contributed by atoms with Crippen molar-refractivity contribution in [2.45, 2.75) is 31.6 Å². The SMILES string of the molecule is COC(=O)[C@@H]1CCCC[C@@H]1c1nc(OC)cc(OC)n1. The van der Waals surface area contributed by atoms with E-state index in [1.165, 1.54) is 7.11 Å². The summed E-state index contributed by atoms with van der Waals surface area (Å²) in [6.45, 7) is 0. The highest BCUT2D eigenvalue weighted by atomic mass is 16.5. The lowest BCUT2D eigenvalue weighted by molar-refractivity contribution is -0.147. The van der Waals surface area contributed by atoms with Crippen molar-refractivity contribution in [2.75, 3.05) is 21.3 Å². The maximum atomic E-state index is 11.9. The molecule has 0 aliphatic heterocycles. The number of nitrogens with zero attached hydrogens (tertiary/aromatic N) is 2. The second-order valence-corrected chi connectivity index (χ2v) is 4.83. The molecule has 2 atom stereocenters. The Hall–Kier alpha value is -1.85. The third-order valence-electron chi connectivity index (χ3n) is 3.72. The van der Waals surface area contributed by atoms with Gasteiger partial charge in [-0.05, 0) is 12.8 Å². The highest BCUT2D eigenvalue weighted by molar-refractivity contribution is 5.73. The van der Waals surface area contributed by atoms with Gasteiger partial charge in [-0.15, -0.1) is 0 Å². The summed E-state index contributed by atoms with van der Waals surface area (Å²) in [7, 11) is 4.51. The molecule has 0 N–H and O–H groups in total. The second kappa shape index (κ2) is 6.54. The van der Waals surface area contributed by atoms with Crippen molar-refractivity contribution in [1.82, 2.24) is 9.97 Å². The van der Waals surface area contributed by atoms with Crippen LogP contribution in [0.4, 0.5) is 0 Å². The summed E-state index contributed by atoms with van der Waals surface area (Å²) in [4.78, 5) is 20.7. The number of carbonyl (C=O) groups excluding carboxylic acids is 1. The Morgan fingerprint density at radius 2 is 1.70 bits per heavy atom. The molecule has 0 amide bonds. The molecule has 110 valence electrons. The van der Waals surface area contributed by atoms with Crippen LogP contribution >= 0.6 is 0 Å². The Bertz CT molecular complexity index is 456. The van der Waals surface area contributed by atoms with Gasteiger partial charge in [0.2, 0.25) is 11.8 Å². The smallest absolute Gasteiger partial charge is 0.309 e. The van der Waals surface area contributed by atoms with Crippen molar-refractivity contribution in [3.63, 3.8) is 0 Å². The van der Waals surface area contributed by atoms with Gasteiger partial charge in [-0.1, -0.05) is 12.8 Å². The first kappa shape index (κ1) is 14.6. The van der Waals surface area contributed by atoms with Gasteiger partial charge in [0.25, 0.3) is 0 Å². The molecule has 0 radical (unpaired) electrons. The standard InChI is InChI=1S/C14H20N2O4/c1-18-11-8-12(19-2)16-13(15-11)9-6-4-5-7-10(9)14(17)20-3/h8-10H,4-7H2,1-3H3/t9-,10+/m0/s1. The predicted molar refractivity (Wildman–Crippen MR) is 71.9 cm³/mol. The number of hydrogen-bond acceptors (Lipinski definition) is 6. The normalized spacial score (nSPS) is 22.1. The lowest BCUT2D eigenvalue weighted by Crippen LogP contribution is -2.28. The van der Waals surface area contributed by atoms with Gasteiger partial charge < -0.3 is 14.2 Å². The van der Waals surface area contributed by atoms with Gasteiger partial charge in [-0.3, -0.25) is 4.79 Å². The maximum absolute atomic E-state index is 11.9. The molecule has 0 saturated heterocycles. The van der Waals surface area contributed by atoms with Crippen LogP contribution in [0.5, 0.6) is 11.8 Å². The lowest BCUT2D eigenvalue weighted by Gasteiger charge is -2.28. The van der Waals surface area contributed by atoms with Gasteiger partial charge in [-0.2, -0.15) is 9.97 Å². The van der Waals surface area contributed by atoms with E-state index in [4.69, 9.17) is 14.2 Å². The third-order valence-corrected chi connectivity index (χ3v) is 3.72. The number of carbonyl (C=O) groups is 1. The van der Waals surface area contributed by atoms with Crippen molar-refractivity contribution in [1.29, 1.82) is 0 Å². The molecular formula is C14H20N2O4. The molecule has 20 heavy (non-hydrogen) atoms. The molecule has 6 heteroatoms. The highest BCUT2D eigenvalue weighted by Gasteiger charge is 2.35. The first-order chi connectivity index (χ1) is 9.69. The monoisotopic (exact) mass is 280 g/mol. The van der Waals surface area contributed by atoms with Crippen LogP contribution in [0.25, 0.3) is 0 Å². The van der Waals surface area contributed by atoms with Crippen LogP contribution in [0.1, 0.15) is 37.4 Å². The van der Waals surface area contributed by atoms with Crippen LogP contribution in [-0.4, -0.2) is 37.3 Å². The first-order valence-corrected chi connectivity index (χ1v) is 6.74. The number of aromatic nitrogens is 2. The Labute approximate surface area is 118 Å². The van der Waals surface area contributed by atoms with Crippen LogP contribution in [-0.2, 0) is 9.53 Å². The molecule has 0 bridgehead atoms. The van der Waals surface area contributed by atoms with Crippen LogP contribution in [0.2, 0.25) is 0 Å². The Morgan fingerprint density at radius 3 is 2.25 bits per heavy atom. The Balaban J connectivity index is 2.33. The molecule has 1 saturated carbocycles. The summed E-state index contributed by atoms with van der Waals surface area (Å²) in [6.07, 6.45) is 3.76. The molecule has 0 unspecified atom stereocenters. The van der Waals surface area contributed by atoms with Crippen molar-refractivity contribution in [3.8, 4) is 11.8 Å². The van der Waals surface area contributed by atoms with Crippen LogP contribution < -0.4 is 9.47 Å². The van der Waals surface area contributed by atoms with Gasteiger partial charge in [0.05, 0.1) is 33.3 Å². The van der Waals surface area contributed by atoms with Crippen LogP contribution in [0.3, 0.4) is 0 Å². The van der Waals surface area contributed by atoms with E-state index >= 15 is 0 Å². The lowest BCUT2D eigenvalue weighted by atomic mass is 9.78.